The molecular weight excluding hydrogens is 305 g/mol. The summed E-state index contributed by atoms with van der Waals surface area (Å²) in [5, 5.41) is 7.90. The van der Waals surface area contributed by atoms with Crippen molar-refractivity contribution in [1.82, 2.24) is 25.1 Å². The number of aryl methyl sites for hydroxylation is 1. The van der Waals surface area contributed by atoms with E-state index in [-0.39, 0.29) is 5.82 Å². The Kier molecular flexibility index (Phi) is 3.98. The highest BCUT2D eigenvalue weighted by Crippen LogP contribution is 2.27. The number of aromatic nitrogens is 4. The van der Waals surface area contributed by atoms with E-state index in [1.165, 1.54) is 25.3 Å². The number of fused-ring (bicyclic) bond motifs is 1. The van der Waals surface area contributed by atoms with Gasteiger partial charge >= 0.3 is 0 Å². The van der Waals surface area contributed by atoms with Gasteiger partial charge in [-0.1, -0.05) is 6.42 Å². The second-order valence-corrected chi connectivity index (χ2v) is 6.43. The monoisotopic (exact) mass is 325 g/mol. The molecule has 2 aromatic heterocycles. The third kappa shape index (κ3) is 2.89. The number of halogens is 1. The highest BCUT2D eigenvalue weighted by Gasteiger charge is 2.15. The molecule has 24 heavy (non-hydrogen) atoms. The molecular formula is C18H20FN5. The van der Waals surface area contributed by atoms with Gasteiger partial charge in [0.2, 0.25) is 0 Å². The molecule has 0 aliphatic carbocycles. The first-order valence-electron chi connectivity index (χ1n) is 8.38. The van der Waals surface area contributed by atoms with Crippen LogP contribution >= 0.6 is 0 Å². The molecule has 0 atom stereocenters. The van der Waals surface area contributed by atoms with Crippen LogP contribution in [0.2, 0.25) is 0 Å². The van der Waals surface area contributed by atoms with Gasteiger partial charge in [0.1, 0.15) is 5.82 Å². The number of benzene rings is 1. The molecule has 0 amide bonds. The second kappa shape index (κ2) is 6.28. The highest BCUT2D eigenvalue weighted by molar-refractivity contribution is 5.86. The summed E-state index contributed by atoms with van der Waals surface area (Å²) in [4.78, 5) is 11.3. The summed E-state index contributed by atoms with van der Waals surface area (Å²) in [6, 6.07) is 3.26. The zero-order valence-electron chi connectivity index (χ0n) is 13.7. The molecule has 0 unspecified atom stereocenters. The summed E-state index contributed by atoms with van der Waals surface area (Å²) < 4.78 is 14.5. The average molecular weight is 325 g/mol. The lowest BCUT2D eigenvalue weighted by Gasteiger charge is -2.25. The Bertz CT molecular complexity index is 867. The van der Waals surface area contributed by atoms with Crippen LogP contribution in [-0.4, -0.2) is 38.2 Å². The Labute approximate surface area is 139 Å². The maximum absolute atomic E-state index is 14.5. The van der Waals surface area contributed by atoms with E-state index in [1.807, 2.05) is 6.92 Å². The molecule has 3 aromatic rings. The topological polar surface area (TPSA) is 57.7 Å². The third-order valence-electron chi connectivity index (χ3n) is 4.63. The molecule has 1 saturated heterocycles. The first-order chi connectivity index (χ1) is 11.7. The Hall–Kier alpha value is -2.34. The lowest BCUT2D eigenvalue weighted by atomic mass is 10.1. The Morgan fingerprint density at radius 2 is 2.00 bits per heavy atom. The highest BCUT2D eigenvalue weighted by atomic mass is 19.1. The second-order valence-electron chi connectivity index (χ2n) is 6.43. The molecule has 6 heteroatoms. The number of H-pyrrole nitrogens is 1. The standard InChI is InChI=1S/C18H20FN5/c1-12-14-7-15(16(19)8-17(14)23-22-12)18-10-20-9-13(21-18)11-24-5-3-2-4-6-24/h7-10H,2-6,11H2,1H3,(H,22,23). The van der Waals surface area contributed by atoms with E-state index in [0.717, 1.165) is 36.4 Å². The van der Waals surface area contributed by atoms with Crippen molar-refractivity contribution in [2.45, 2.75) is 32.7 Å². The van der Waals surface area contributed by atoms with Gasteiger partial charge in [-0.05, 0) is 38.9 Å². The molecule has 4 rings (SSSR count). The summed E-state index contributed by atoms with van der Waals surface area (Å²) >= 11 is 0. The van der Waals surface area contributed by atoms with Crippen LogP contribution < -0.4 is 0 Å². The molecule has 0 saturated carbocycles. The molecule has 0 spiro atoms. The van der Waals surface area contributed by atoms with Crippen LogP contribution in [0, 0.1) is 12.7 Å². The van der Waals surface area contributed by atoms with E-state index in [9.17, 15) is 4.39 Å². The minimum atomic E-state index is -0.321. The van der Waals surface area contributed by atoms with Crippen LogP contribution in [0.4, 0.5) is 4.39 Å². The summed E-state index contributed by atoms with van der Waals surface area (Å²) in [7, 11) is 0. The summed E-state index contributed by atoms with van der Waals surface area (Å²) in [5.74, 6) is -0.321. The summed E-state index contributed by atoms with van der Waals surface area (Å²) in [5.41, 5.74) is 3.48. The maximum Gasteiger partial charge on any atom is 0.134 e. The van der Waals surface area contributed by atoms with E-state index in [0.29, 0.717) is 16.8 Å². The SMILES string of the molecule is Cc1[nH]nc2cc(F)c(-c3cncc(CN4CCCCC4)n3)cc12. The lowest BCUT2D eigenvalue weighted by Crippen LogP contribution is -2.29. The van der Waals surface area contributed by atoms with Crippen LogP contribution in [0.3, 0.4) is 0 Å². The van der Waals surface area contributed by atoms with Gasteiger partial charge in [-0.25, -0.2) is 9.37 Å². The van der Waals surface area contributed by atoms with Gasteiger partial charge in [0.25, 0.3) is 0 Å². The first kappa shape index (κ1) is 15.2. The van der Waals surface area contributed by atoms with Crippen molar-refractivity contribution < 1.29 is 4.39 Å². The lowest BCUT2D eigenvalue weighted by molar-refractivity contribution is 0.218. The van der Waals surface area contributed by atoms with Crippen LogP contribution in [-0.2, 0) is 6.54 Å². The average Bonchev–Trinajstić information content (AvgIpc) is 2.95. The number of aromatic amines is 1. The van der Waals surface area contributed by atoms with Crippen LogP contribution in [0.5, 0.6) is 0 Å². The van der Waals surface area contributed by atoms with Crippen LogP contribution in [0.15, 0.2) is 24.5 Å². The number of nitrogens with one attached hydrogen (secondary N) is 1. The van der Waals surface area contributed by atoms with Gasteiger partial charge in [-0.3, -0.25) is 15.0 Å². The zero-order valence-corrected chi connectivity index (χ0v) is 13.7. The molecule has 1 fully saturated rings. The maximum atomic E-state index is 14.5. The Morgan fingerprint density at radius 3 is 2.83 bits per heavy atom. The molecule has 124 valence electrons. The summed E-state index contributed by atoms with van der Waals surface area (Å²) in [6.45, 7) is 4.89. The summed E-state index contributed by atoms with van der Waals surface area (Å²) in [6.07, 6.45) is 7.17. The number of hydrogen-bond acceptors (Lipinski definition) is 4. The van der Waals surface area contributed by atoms with Crippen molar-refractivity contribution in [2.75, 3.05) is 13.1 Å². The number of rotatable bonds is 3. The number of likely N-dealkylation sites (tertiary alicyclic amines) is 1. The van der Waals surface area contributed by atoms with Crippen molar-refractivity contribution >= 4 is 10.9 Å². The fraction of sp³-hybridized carbons (Fsp3) is 0.389. The van der Waals surface area contributed by atoms with E-state index in [1.54, 1.807) is 18.5 Å². The molecule has 1 N–H and O–H groups in total. The van der Waals surface area contributed by atoms with Gasteiger partial charge in [-0.2, -0.15) is 5.10 Å². The normalized spacial score (nSPS) is 15.9. The number of nitrogens with zero attached hydrogens (tertiary/aromatic N) is 4. The minimum Gasteiger partial charge on any atom is -0.297 e. The van der Waals surface area contributed by atoms with Gasteiger partial charge in [0.05, 0.1) is 23.1 Å². The molecule has 5 nitrogen and oxygen atoms in total. The first-order valence-corrected chi connectivity index (χ1v) is 8.38. The minimum absolute atomic E-state index is 0.321. The molecule has 0 radical (unpaired) electrons. The van der Waals surface area contributed by atoms with Crippen LogP contribution in [0.1, 0.15) is 30.7 Å². The smallest absolute Gasteiger partial charge is 0.134 e. The Balaban J connectivity index is 1.67. The Morgan fingerprint density at radius 1 is 1.17 bits per heavy atom. The number of piperidine rings is 1. The van der Waals surface area contributed by atoms with E-state index in [4.69, 9.17) is 0 Å². The van der Waals surface area contributed by atoms with Gasteiger partial charge in [0, 0.05) is 35.5 Å². The molecule has 0 bridgehead atoms. The van der Waals surface area contributed by atoms with E-state index in [2.05, 4.69) is 25.1 Å². The van der Waals surface area contributed by atoms with Gasteiger partial charge in [0.15, 0.2) is 0 Å². The largest absolute Gasteiger partial charge is 0.297 e. The zero-order chi connectivity index (χ0) is 16.5. The molecule has 1 aromatic carbocycles. The van der Waals surface area contributed by atoms with Crippen molar-refractivity contribution in [3.05, 3.63) is 41.7 Å². The van der Waals surface area contributed by atoms with Crippen molar-refractivity contribution in [3.8, 4) is 11.3 Å². The molecule has 1 aliphatic heterocycles. The molecule has 1 aliphatic rings. The van der Waals surface area contributed by atoms with Crippen molar-refractivity contribution in [1.29, 1.82) is 0 Å². The van der Waals surface area contributed by atoms with Crippen LogP contribution in [0.25, 0.3) is 22.2 Å². The van der Waals surface area contributed by atoms with E-state index >= 15 is 0 Å². The van der Waals surface area contributed by atoms with Gasteiger partial charge < -0.3 is 0 Å². The fourth-order valence-electron chi connectivity index (χ4n) is 3.32. The molecule has 3 heterocycles. The van der Waals surface area contributed by atoms with E-state index < -0.39 is 0 Å². The quantitative estimate of drug-likeness (QED) is 0.801. The fourth-order valence-corrected chi connectivity index (χ4v) is 3.32. The van der Waals surface area contributed by atoms with Gasteiger partial charge in [-0.15, -0.1) is 0 Å². The van der Waals surface area contributed by atoms with Crippen molar-refractivity contribution in [2.24, 2.45) is 0 Å². The predicted molar refractivity (Wildman–Crippen MR) is 90.9 cm³/mol. The third-order valence-corrected chi connectivity index (χ3v) is 4.63. The van der Waals surface area contributed by atoms with Crippen molar-refractivity contribution in [3.63, 3.8) is 0 Å². The number of hydrogen-bond donors (Lipinski definition) is 1. The predicted octanol–water partition coefficient (Wildman–Crippen LogP) is 3.45.